The van der Waals surface area contributed by atoms with E-state index >= 15 is 0 Å². The summed E-state index contributed by atoms with van der Waals surface area (Å²) < 4.78 is 1.02. The molecule has 1 aliphatic heterocycles. The number of nitrogens with one attached hydrogen (secondary N) is 1. The first-order valence-corrected chi connectivity index (χ1v) is 12.9. The zero-order valence-electron chi connectivity index (χ0n) is 20.3. The van der Waals surface area contributed by atoms with Gasteiger partial charge in [0, 0.05) is 13.3 Å². The first-order valence-electron chi connectivity index (χ1n) is 12.9. The van der Waals surface area contributed by atoms with Gasteiger partial charge < -0.3 is 5.32 Å². The molecule has 4 heteroatoms. The average molecular weight is 421 g/mol. The molecule has 1 amide bonds. The summed E-state index contributed by atoms with van der Waals surface area (Å²) in [5.74, 6) is 0.0678. The van der Waals surface area contributed by atoms with Gasteiger partial charge in [-0.1, -0.05) is 70.4 Å². The Bertz CT molecular complexity index is 489. The van der Waals surface area contributed by atoms with Crippen LogP contribution in [0.3, 0.4) is 0 Å². The van der Waals surface area contributed by atoms with E-state index in [9.17, 15) is 4.79 Å². The molecular formula is C26H50N3O+. The Kier molecular flexibility index (Phi) is 15.7. The van der Waals surface area contributed by atoms with Gasteiger partial charge >= 0.3 is 0 Å². The third-order valence-corrected chi connectivity index (χ3v) is 6.64. The van der Waals surface area contributed by atoms with E-state index in [2.05, 4.69) is 37.5 Å². The molecule has 0 bridgehead atoms. The van der Waals surface area contributed by atoms with Crippen LogP contribution in [-0.4, -0.2) is 48.9 Å². The van der Waals surface area contributed by atoms with Crippen LogP contribution in [0.5, 0.6) is 0 Å². The fourth-order valence-electron chi connectivity index (χ4n) is 4.53. The SMILES string of the molecule is CCCCCCCC/C=C/CCCCCCCC1N=CC[N+]1(CC)CCNC(C)=O. The number of quaternary nitrogens is 1. The molecule has 1 aliphatic rings. The second kappa shape index (κ2) is 17.5. The maximum absolute atomic E-state index is 11.2. The third kappa shape index (κ3) is 11.9. The molecule has 30 heavy (non-hydrogen) atoms. The minimum absolute atomic E-state index is 0.0678. The van der Waals surface area contributed by atoms with Crippen LogP contribution in [0.2, 0.25) is 0 Å². The zero-order valence-corrected chi connectivity index (χ0v) is 20.3. The zero-order chi connectivity index (χ0) is 21.9. The Hall–Kier alpha value is -1.16. The van der Waals surface area contributed by atoms with Gasteiger partial charge in [0.15, 0.2) is 6.17 Å². The first kappa shape index (κ1) is 26.9. The molecule has 4 nitrogen and oxygen atoms in total. The molecule has 0 saturated carbocycles. The molecule has 0 fully saturated rings. The van der Waals surface area contributed by atoms with E-state index < -0.39 is 0 Å². The summed E-state index contributed by atoms with van der Waals surface area (Å²) in [6.07, 6.45) is 26.0. The smallest absolute Gasteiger partial charge is 0.217 e. The van der Waals surface area contributed by atoms with Gasteiger partial charge in [-0.15, -0.1) is 0 Å². The van der Waals surface area contributed by atoms with Crippen molar-refractivity contribution in [2.75, 3.05) is 26.2 Å². The van der Waals surface area contributed by atoms with Gasteiger partial charge in [-0.2, -0.15) is 0 Å². The van der Waals surface area contributed by atoms with Gasteiger partial charge in [0.1, 0.15) is 6.54 Å². The molecule has 0 aromatic carbocycles. The highest BCUT2D eigenvalue weighted by atomic mass is 16.1. The van der Waals surface area contributed by atoms with Gasteiger partial charge in [0.25, 0.3) is 0 Å². The number of nitrogens with zero attached hydrogens (tertiary/aromatic N) is 2. The molecule has 0 aromatic rings. The predicted octanol–water partition coefficient (Wildman–Crippen LogP) is 6.41. The van der Waals surface area contributed by atoms with Gasteiger partial charge in [0.2, 0.25) is 5.91 Å². The normalized spacial score (nSPS) is 21.0. The van der Waals surface area contributed by atoms with Crippen molar-refractivity contribution in [2.24, 2.45) is 4.99 Å². The second-order valence-corrected chi connectivity index (χ2v) is 9.11. The quantitative estimate of drug-likeness (QED) is 0.146. The van der Waals surface area contributed by atoms with Crippen molar-refractivity contribution in [1.29, 1.82) is 0 Å². The Balaban J connectivity index is 2.01. The number of hydrogen-bond acceptors (Lipinski definition) is 2. The molecule has 1 N–H and O–H groups in total. The lowest BCUT2D eigenvalue weighted by molar-refractivity contribution is -0.935. The molecule has 0 saturated heterocycles. The number of unbranched alkanes of at least 4 members (excludes halogenated alkanes) is 11. The molecule has 0 spiro atoms. The van der Waals surface area contributed by atoms with Crippen LogP contribution in [0.4, 0.5) is 0 Å². The Morgan fingerprint density at radius 3 is 2.17 bits per heavy atom. The lowest BCUT2D eigenvalue weighted by Gasteiger charge is -2.38. The maximum atomic E-state index is 11.2. The van der Waals surface area contributed by atoms with Crippen molar-refractivity contribution in [1.82, 2.24) is 5.32 Å². The van der Waals surface area contributed by atoms with Crippen LogP contribution < -0.4 is 5.32 Å². The summed E-state index contributed by atoms with van der Waals surface area (Å²) in [4.78, 5) is 16.0. The van der Waals surface area contributed by atoms with Crippen LogP contribution in [0.1, 0.15) is 111 Å². The monoisotopic (exact) mass is 420 g/mol. The van der Waals surface area contributed by atoms with Crippen LogP contribution in [0.25, 0.3) is 0 Å². The Morgan fingerprint density at radius 1 is 0.967 bits per heavy atom. The van der Waals surface area contributed by atoms with E-state index in [1.165, 1.54) is 89.9 Å². The van der Waals surface area contributed by atoms with Crippen molar-refractivity contribution < 1.29 is 9.28 Å². The van der Waals surface area contributed by atoms with E-state index in [1.807, 2.05) is 0 Å². The lowest BCUT2D eigenvalue weighted by atomic mass is 10.1. The fourth-order valence-corrected chi connectivity index (χ4v) is 4.53. The van der Waals surface area contributed by atoms with Gasteiger partial charge in [0.05, 0.1) is 25.8 Å². The molecule has 1 rings (SSSR count). The summed E-state index contributed by atoms with van der Waals surface area (Å²) in [6.45, 7) is 10.00. The highest BCUT2D eigenvalue weighted by Gasteiger charge is 2.37. The van der Waals surface area contributed by atoms with E-state index in [-0.39, 0.29) is 5.91 Å². The van der Waals surface area contributed by atoms with Gasteiger partial charge in [-0.05, 0) is 39.0 Å². The minimum Gasteiger partial charge on any atom is -0.351 e. The molecule has 174 valence electrons. The lowest BCUT2D eigenvalue weighted by Crippen LogP contribution is -2.55. The van der Waals surface area contributed by atoms with Crippen molar-refractivity contribution in [3.63, 3.8) is 0 Å². The summed E-state index contributed by atoms with van der Waals surface area (Å²) in [5, 5.41) is 2.96. The van der Waals surface area contributed by atoms with Crippen molar-refractivity contribution >= 4 is 12.1 Å². The van der Waals surface area contributed by atoms with Crippen molar-refractivity contribution in [2.45, 2.75) is 117 Å². The highest BCUT2D eigenvalue weighted by molar-refractivity contribution is 5.72. The summed E-state index contributed by atoms with van der Waals surface area (Å²) in [5.41, 5.74) is 0. The molecular weight excluding hydrogens is 370 g/mol. The van der Waals surface area contributed by atoms with Crippen LogP contribution in [0, 0.1) is 0 Å². The van der Waals surface area contributed by atoms with Crippen molar-refractivity contribution in [3.8, 4) is 0 Å². The summed E-state index contributed by atoms with van der Waals surface area (Å²) in [7, 11) is 0. The molecule has 2 atom stereocenters. The Labute approximate surface area is 187 Å². The van der Waals surface area contributed by atoms with Crippen LogP contribution >= 0.6 is 0 Å². The third-order valence-electron chi connectivity index (χ3n) is 6.64. The number of amides is 1. The minimum atomic E-state index is 0.0678. The Morgan fingerprint density at radius 2 is 1.57 bits per heavy atom. The average Bonchev–Trinajstić information content (AvgIpc) is 3.13. The molecule has 0 aliphatic carbocycles. The standard InChI is InChI=1S/C26H49N3O/c1-4-6-7-8-9-10-11-12-13-14-15-16-17-18-19-20-26-28-22-24-29(26,5-2)23-21-27-25(3)30/h12-13,22,26H,4-11,14-21,23-24H2,1-3H3/p+1/b13-12+. The first-order chi connectivity index (χ1) is 14.6. The molecule has 0 aromatic heterocycles. The van der Waals surface area contributed by atoms with E-state index in [0.717, 1.165) is 30.7 Å². The van der Waals surface area contributed by atoms with Crippen molar-refractivity contribution in [3.05, 3.63) is 12.2 Å². The van der Waals surface area contributed by atoms with Crippen LogP contribution in [-0.2, 0) is 4.79 Å². The molecule has 0 radical (unpaired) electrons. The van der Waals surface area contributed by atoms with Crippen LogP contribution in [0.15, 0.2) is 17.1 Å². The number of carbonyl (C=O) groups excluding carboxylic acids is 1. The number of aliphatic imine (C=N–C) groups is 1. The highest BCUT2D eigenvalue weighted by Crippen LogP contribution is 2.24. The number of allylic oxidation sites excluding steroid dienone is 2. The summed E-state index contributed by atoms with van der Waals surface area (Å²) >= 11 is 0. The van der Waals surface area contributed by atoms with Gasteiger partial charge in [-0.3, -0.25) is 9.28 Å². The van der Waals surface area contributed by atoms with Gasteiger partial charge in [-0.25, -0.2) is 4.99 Å². The number of likely N-dealkylation sites (N-methyl/N-ethyl adjacent to an activating group) is 1. The summed E-state index contributed by atoms with van der Waals surface area (Å²) in [6, 6.07) is 0. The molecule has 1 heterocycles. The number of carbonyl (C=O) groups is 1. The topological polar surface area (TPSA) is 41.5 Å². The maximum Gasteiger partial charge on any atom is 0.217 e. The fraction of sp³-hybridized carbons (Fsp3) is 0.846. The number of hydrogen-bond donors (Lipinski definition) is 1. The largest absolute Gasteiger partial charge is 0.351 e. The predicted molar refractivity (Wildman–Crippen MR) is 131 cm³/mol. The van der Waals surface area contributed by atoms with E-state index in [0.29, 0.717) is 6.17 Å². The number of rotatable bonds is 19. The van der Waals surface area contributed by atoms with E-state index in [4.69, 9.17) is 4.99 Å². The second-order valence-electron chi connectivity index (χ2n) is 9.11. The van der Waals surface area contributed by atoms with E-state index in [1.54, 1.807) is 6.92 Å². The molecule has 2 unspecified atom stereocenters.